The number of anilines is 2. The van der Waals surface area contributed by atoms with Crippen molar-refractivity contribution in [1.29, 1.82) is 0 Å². The van der Waals surface area contributed by atoms with Crippen molar-refractivity contribution in [1.82, 2.24) is 4.98 Å². The van der Waals surface area contributed by atoms with E-state index < -0.39 is 6.10 Å². The molecule has 1 saturated heterocycles. The van der Waals surface area contributed by atoms with Gasteiger partial charge in [0.25, 0.3) is 0 Å². The minimum Gasteiger partial charge on any atom is -0.391 e. The summed E-state index contributed by atoms with van der Waals surface area (Å²) in [5, 5.41) is 12.4. The van der Waals surface area contributed by atoms with Crippen molar-refractivity contribution in [2.75, 3.05) is 16.8 Å². The van der Waals surface area contributed by atoms with E-state index in [1.165, 1.54) is 0 Å². The van der Waals surface area contributed by atoms with Crippen LogP contribution in [0.1, 0.15) is 6.42 Å². The zero-order valence-electron chi connectivity index (χ0n) is 8.35. The van der Waals surface area contributed by atoms with Crippen molar-refractivity contribution < 1.29 is 9.90 Å². The van der Waals surface area contributed by atoms with Crippen LogP contribution >= 0.6 is 15.9 Å². The van der Waals surface area contributed by atoms with E-state index in [-0.39, 0.29) is 11.9 Å². The smallest absolute Gasteiger partial charge is 0.247 e. The monoisotopic (exact) mass is 283 g/mol. The van der Waals surface area contributed by atoms with Crippen molar-refractivity contribution in [3.05, 3.63) is 16.7 Å². The SMILES string of the molecule is O=C1Nc2ccc(Br)nc2N2C[C@@H](O)C[C@H]12. The zero-order chi connectivity index (χ0) is 11.3. The van der Waals surface area contributed by atoms with Crippen LogP contribution in [0.15, 0.2) is 16.7 Å². The Morgan fingerprint density at radius 2 is 2.38 bits per heavy atom. The number of nitrogens with zero attached hydrogens (tertiary/aromatic N) is 2. The van der Waals surface area contributed by atoms with Crippen LogP contribution in [-0.4, -0.2) is 34.7 Å². The van der Waals surface area contributed by atoms with Gasteiger partial charge in [-0.2, -0.15) is 0 Å². The normalized spacial score (nSPS) is 27.4. The molecule has 3 heterocycles. The lowest BCUT2D eigenvalue weighted by atomic mass is 10.1. The molecule has 1 aromatic rings. The lowest BCUT2D eigenvalue weighted by Gasteiger charge is -2.31. The van der Waals surface area contributed by atoms with Gasteiger partial charge in [-0.25, -0.2) is 4.98 Å². The molecular weight excluding hydrogens is 274 g/mol. The first-order valence-electron chi connectivity index (χ1n) is 5.07. The topological polar surface area (TPSA) is 65.5 Å². The number of aliphatic hydroxyl groups is 1. The fraction of sp³-hybridized carbons (Fsp3) is 0.400. The highest BCUT2D eigenvalue weighted by Gasteiger charge is 2.41. The second-order valence-electron chi connectivity index (χ2n) is 4.05. The number of fused-ring (bicyclic) bond motifs is 3. The van der Waals surface area contributed by atoms with Crippen LogP contribution < -0.4 is 10.2 Å². The molecule has 2 atom stereocenters. The Labute approximate surface area is 101 Å². The van der Waals surface area contributed by atoms with Gasteiger partial charge in [0.1, 0.15) is 10.6 Å². The van der Waals surface area contributed by atoms with Gasteiger partial charge in [-0.1, -0.05) is 0 Å². The molecule has 1 aromatic heterocycles. The van der Waals surface area contributed by atoms with Crippen molar-refractivity contribution in [3.63, 3.8) is 0 Å². The van der Waals surface area contributed by atoms with E-state index in [1.807, 2.05) is 11.0 Å². The van der Waals surface area contributed by atoms with Gasteiger partial charge < -0.3 is 15.3 Å². The summed E-state index contributed by atoms with van der Waals surface area (Å²) in [7, 11) is 0. The Bertz CT molecular complexity index is 465. The van der Waals surface area contributed by atoms with Crippen LogP contribution in [0.5, 0.6) is 0 Å². The van der Waals surface area contributed by atoms with Crippen molar-refractivity contribution in [2.24, 2.45) is 0 Å². The number of halogens is 1. The Morgan fingerprint density at radius 1 is 1.56 bits per heavy atom. The standard InChI is InChI=1S/C10H10BrN3O2/c11-8-2-1-6-9(13-8)14-4-5(15)3-7(14)10(16)12-6/h1-2,5,7,15H,3-4H2,(H,12,16)/t5-,7+/m0/s1. The molecule has 5 nitrogen and oxygen atoms in total. The van der Waals surface area contributed by atoms with Crippen LogP contribution in [-0.2, 0) is 4.79 Å². The van der Waals surface area contributed by atoms with Crippen LogP contribution in [0.2, 0.25) is 0 Å². The molecule has 0 bridgehead atoms. The average Bonchev–Trinajstić information content (AvgIpc) is 2.62. The third-order valence-corrected chi connectivity index (χ3v) is 3.39. The Balaban J connectivity index is 2.09. The molecule has 3 rings (SSSR count). The maximum absolute atomic E-state index is 11.8. The second-order valence-corrected chi connectivity index (χ2v) is 4.86. The van der Waals surface area contributed by atoms with Crippen molar-refractivity contribution >= 4 is 33.3 Å². The number of carbonyl (C=O) groups is 1. The van der Waals surface area contributed by atoms with Crippen LogP contribution in [0.4, 0.5) is 11.5 Å². The first-order valence-corrected chi connectivity index (χ1v) is 5.86. The first kappa shape index (κ1) is 10.0. The molecule has 2 N–H and O–H groups in total. The highest BCUT2D eigenvalue weighted by Crippen LogP contribution is 2.35. The molecule has 0 radical (unpaired) electrons. The third-order valence-electron chi connectivity index (χ3n) is 2.95. The number of amides is 1. The number of carbonyl (C=O) groups excluding carboxylic acids is 1. The van der Waals surface area contributed by atoms with Gasteiger partial charge in [-0.15, -0.1) is 0 Å². The third kappa shape index (κ3) is 1.41. The van der Waals surface area contributed by atoms with Crippen LogP contribution in [0.3, 0.4) is 0 Å². The lowest BCUT2D eigenvalue weighted by molar-refractivity contribution is -0.117. The number of aliphatic hydroxyl groups excluding tert-OH is 1. The largest absolute Gasteiger partial charge is 0.391 e. The average molecular weight is 284 g/mol. The molecule has 0 unspecified atom stereocenters. The summed E-state index contributed by atoms with van der Waals surface area (Å²) in [6.45, 7) is 0.467. The summed E-state index contributed by atoms with van der Waals surface area (Å²) in [5.41, 5.74) is 0.707. The molecule has 0 saturated carbocycles. The van der Waals surface area contributed by atoms with Crippen molar-refractivity contribution in [2.45, 2.75) is 18.6 Å². The van der Waals surface area contributed by atoms with E-state index >= 15 is 0 Å². The summed E-state index contributed by atoms with van der Waals surface area (Å²) in [6.07, 6.45) is 0.0157. The summed E-state index contributed by atoms with van der Waals surface area (Å²) in [6, 6.07) is 3.31. The van der Waals surface area contributed by atoms with E-state index in [2.05, 4.69) is 26.2 Å². The highest BCUT2D eigenvalue weighted by molar-refractivity contribution is 9.10. The molecule has 1 amide bonds. The Morgan fingerprint density at radius 3 is 3.19 bits per heavy atom. The molecule has 1 fully saturated rings. The van der Waals surface area contributed by atoms with E-state index in [9.17, 15) is 9.90 Å². The fourth-order valence-electron chi connectivity index (χ4n) is 2.25. The Hall–Kier alpha value is -1.14. The van der Waals surface area contributed by atoms with Crippen molar-refractivity contribution in [3.8, 4) is 0 Å². The van der Waals surface area contributed by atoms with E-state index in [0.717, 1.165) is 10.4 Å². The maximum atomic E-state index is 11.8. The predicted molar refractivity (Wildman–Crippen MR) is 62.3 cm³/mol. The Kier molecular flexibility index (Phi) is 2.15. The van der Waals surface area contributed by atoms with Gasteiger partial charge in [-0.3, -0.25) is 4.79 Å². The van der Waals surface area contributed by atoms with Gasteiger partial charge in [0.15, 0.2) is 5.82 Å². The highest BCUT2D eigenvalue weighted by atomic mass is 79.9. The first-order chi connectivity index (χ1) is 7.65. The zero-order valence-corrected chi connectivity index (χ0v) is 9.94. The molecule has 6 heteroatoms. The minimum atomic E-state index is -0.456. The van der Waals surface area contributed by atoms with Gasteiger partial charge in [0.2, 0.25) is 5.91 Å². The molecule has 84 valence electrons. The van der Waals surface area contributed by atoms with Gasteiger partial charge in [-0.05, 0) is 28.1 Å². The lowest BCUT2D eigenvalue weighted by Crippen LogP contribution is -2.44. The number of pyridine rings is 1. The summed E-state index contributed by atoms with van der Waals surface area (Å²) >= 11 is 3.30. The minimum absolute atomic E-state index is 0.0619. The molecular formula is C10H10BrN3O2. The summed E-state index contributed by atoms with van der Waals surface area (Å²) in [5.74, 6) is 0.670. The quantitative estimate of drug-likeness (QED) is 0.690. The molecule has 0 aromatic carbocycles. The second kappa shape index (κ2) is 3.43. The summed E-state index contributed by atoms with van der Waals surface area (Å²) < 4.78 is 0.725. The van der Waals surface area contributed by atoms with Gasteiger partial charge >= 0.3 is 0 Å². The molecule has 2 aliphatic rings. The van der Waals surface area contributed by atoms with Gasteiger partial charge in [0.05, 0.1) is 11.8 Å². The number of hydrogen-bond acceptors (Lipinski definition) is 4. The number of aromatic nitrogens is 1. The molecule has 0 spiro atoms. The number of rotatable bonds is 0. The van der Waals surface area contributed by atoms with E-state index in [1.54, 1.807) is 6.07 Å². The molecule has 2 aliphatic heterocycles. The van der Waals surface area contributed by atoms with E-state index in [4.69, 9.17) is 0 Å². The maximum Gasteiger partial charge on any atom is 0.247 e. The van der Waals surface area contributed by atoms with Crippen LogP contribution in [0.25, 0.3) is 0 Å². The van der Waals surface area contributed by atoms with Gasteiger partial charge in [0, 0.05) is 13.0 Å². The van der Waals surface area contributed by atoms with Crippen LogP contribution in [0, 0.1) is 0 Å². The molecule has 16 heavy (non-hydrogen) atoms. The van der Waals surface area contributed by atoms with E-state index in [0.29, 0.717) is 18.7 Å². The fourth-order valence-corrected chi connectivity index (χ4v) is 2.55. The predicted octanol–water partition coefficient (Wildman–Crippen LogP) is 0.736. The number of hydrogen-bond donors (Lipinski definition) is 2. The molecule has 0 aliphatic carbocycles. The number of nitrogens with one attached hydrogen (secondary N) is 1. The summed E-state index contributed by atoms with van der Waals surface area (Å²) in [4.78, 5) is 18.0.